The molecule has 0 bridgehead atoms. The van der Waals surface area contributed by atoms with E-state index < -0.39 is 0 Å². The number of para-hydroxylation sites is 1. The summed E-state index contributed by atoms with van der Waals surface area (Å²) in [5.74, 6) is 1.40. The minimum atomic E-state index is 0. The molecule has 2 N–H and O–H groups in total. The van der Waals surface area contributed by atoms with Gasteiger partial charge in [-0.2, -0.15) is 0 Å². The number of ether oxygens (including phenoxy) is 1. The van der Waals surface area contributed by atoms with Gasteiger partial charge in [-0.15, -0.1) is 24.8 Å². The lowest BCUT2D eigenvalue weighted by molar-refractivity contribution is 0.462. The van der Waals surface area contributed by atoms with E-state index in [0.29, 0.717) is 12.4 Å². The number of benzene rings is 1. The van der Waals surface area contributed by atoms with E-state index in [4.69, 9.17) is 10.5 Å². The molecule has 0 amide bonds. The van der Waals surface area contributed by atoms with E-state index in [1.165, 1.54) is 0 Å². The Labute approximate surface area is 119 Å². The second-order valence-electron chi connectivity index (χ2n) is 3.46. The van der Waals surface area contributed by atoms with Gasteiger partial charge in [0.2, 0.25) is 5.88 Å². The summed E-state index contributed by atoms with van der Waals surface area (Å²) in [7, 11) is 0. The van der Waals surface area contributed by atoms with Crippen molar-refractivity contribution in [2.75, 3.05) is 6.54 Å². The molecule has 5 heteroatoms. The lowest BCUT2D eigenvalue weighted by atomic mass is 10.2. The van der Waals surface area contributed by atoms with Crippen molar-refractivity contribution in [3.8, 4) is 11.6 Å². The van der Waals surface area contributed by atoms with E-state index >= 15 is 0 Å². The zero-order valence-electron chi connectivity index (χ0n) is 9.78. The van der Waals surface area contributed by atoms with Gasteiger partial charge < -0.3 is 10.5 Å². The molecule has 0 aliphatic rings. The van der Waals surface area contributed by atoms with Crippen molar-refractivity contribution in [3.63, 3.8) is 0 Å². The third-order valence-electron chi connectivity index (χ3n) is 2.20. The number of hydrogen-bond donors (Lipinski definition) is 1. The number of aromatic nitrogens is 1. The summed E-state index contributed by atoms with van der Waals surface area (Å²) < 4.78 is 5.61. The lowest BCUT2D eigenvalue weighted by Crippen LogP contribution is -2.02. The monoisotopic (exact) mass is 286 g/mol. The first-order valence-corrected chi connectivity index (χ1v) is 5.26. The molecular formula is C13H16Cl2N2O. The number of halogens is 2. The Morgan fingerprint density at radius 2 is 1.78 bits per heavy atom. The highest BCUT2D eigenvalue weighted by molar-refractivity contribution is 5.85. The Bertz CT molecular complexity index is 452. The van der Waals surface area contributed by atoms with Gasteiger partial charge >= 0.3 is 0 Å². The van der Waals surface area contributed by atoms with Crippen LogP contribution in [0.15, 0.2) is 48.7 Å². The zero-order chi connectivity index (χ0) is 11.2. The summed E-state index contributed by atoms with van der Waals surface area (Å²) in [5.41, 5.74) is 6.64. The van der Waals surface area contributed by atoms with Crippen molar-refractivity contribution in [1.82, 2.24) is 4.98 Å². The average Bonchev–Trinajstić information content (AvgIpc) is 2.31. The molecular weight excluding hydrogens is 271 g/mol. The molecule has 0 saturated heterocycles. The van der Waals surface area contributed by atoms with Gasteiger partial charge in [-0.05, 0) is 36.7 Å². The fourth-order valence-corrected chi connectivity index (χ4v) is 1.44. The Balaban J connectivity index is 0.00000144. The third kappa shape index (κ3) is 4.92. The normalized spacial score (nSPS) is 8.94. The summed E-state index contributed by atoms with van der Waals surface area (Å²) in [6.45, 7) is 0.634. The molecule has 0 fully saturated rings. The molecule has 98 valence electrons. The zero-order valence-corrected chi connectivity index (χ0v) is 11.4. The van der Waals surface area contributed by atoms with Crippen LogP contribution in [0.2, 0.25) is 0 Å². The second-order valence-corrected chi connectivity index (χ2v) is 3.46. The smallest absolute Gasteiger partial charge is 0.219 e. The number of nitrogens with zero attached hydrogens (tertiary/aromatic N) is 1. The molecule has 0 spiro atoms. The van der Waals surface area contributed by atoms with Crippen molar-refractivity contribution < 1.29 is 4.74 Å². The van der Waals surface area contributed by atoms with Crippen LogP contribution in [0.4, 0.5) is 0 Å². The molecule has 18 heavy (non-hydrogen) atoms. The summed E-state index contributed by atoms with van der Waals surface area (Å²) in [4.78, 5) is 4.15. The summed E-state index contributed by atoms with van der Waals surface area (Å²) in [6, 6.07) is 13.5. The highest BCUT2D eigenvalue weighted by Gasteiger charge is 1.99. The van der Waals surface area contributed by atoms with Crippen molar-refractivity contribution in [3.05, 3.63) is 54.2 Å². The molecule has 2 aromatic rings. The van der Waals surface area contributed by atoms with Crippen molar-refractivity contribution in [2.24, 2.45) is 5.73 Å². The predicted molar refractivity (Wildman–Crippen MR) is 78.0 cm³/mol. The molecule has 0 aliphatic carbocycles. The third-order valence-corrected chi connectivity index (χ3v) is 2.20. The fraction of sp³-hybridized carbons (Fsp3) is 0.154. The van der Waals surface area contributed by atoms with Crippen molar-refractivity contribution >= 4 is 24.8 Å². The largest absolute Gasteiger partial charge is 0.439 e. The van der Waals surface area contributed by atoms with Gasteiger partial charge in [0.25, 0.3) is 0 Å². The van der Waals surface area contributed by atoms with Crippen molar-refractivity contribution in [1.29, 1.82) is 0 Å². The standard InChI is InChI=1S/C13H14N2O.2ClH/c14-8-6-11-7-9-15-13(10-11)16-12-4-2-1-3-5-12;;/h1-5,7,9-10H,6,8,14H2;2*1H. The van der Waals surface area contributed by atoms with E-state index in [-0.39, 0.29) is 24.8 Å². The van der Waals surface area contributed by atoms with Crippen LogP contribution in [0.5, 0.6) is 11.6 Å². The van der Waals surface area contributed by atoms with Crippen LogP contribution >= 0.6 is 24.8 Å². The molecule has 0 unspecified atom stereocenters. The van der Waals surface area contributed by atoms with Gasteiger partial charge in [0.05, 0.1) is 0 Å². The minimum Gasteiger partial charge on any atom is -0.439 e. The highest BCUT2D eigenvalue weighted by atomic mass is 35.5. The SMILES string of the molecule is Cl.Cl.NCCc1ccnc(Oc2ccccc2)c1. The molecule has 0 radical (unpaired) electrons. The van der Waals surface area contributed by atoms with Gasteiger partial charge in [-0.1, -0.05) is 18.2 Å². The molecule has 1 aromatic carbocycles. The maximum Gasteiger partial charge on any atom is 0.219 e. The highest BCUT2D eigenvalue weighted by Crippen LogP contribution is 2.19. The van der Waals surface area contributed by atoms with Crippen LogP contribution in [0.25, 0.3) is 0 Å². The van der Waals surface area contributed by atoms with Crippen LogP contribution in [0.1, 0.15) is 5.56 Å². The minimum absolute atomic E-state index is 0. The van der Waals surface area contributed by atoms with Gasteiger partial charge in [0.15, 0.2) is 0 Å². The maximum atomic E-state index is 5.61. The van der Waals surface area contributed by atoms with E-state index in [1.807, 2.05) is 42.5 Å². The summed E-state index contributed by atoms with van der Waals surface area (Å²) in [5, 5.41) is 0. The van der Waals surface area contributed by atoms with Gasteiger partial charge in [-0.25, -0.2) is 4.98 Å². The molecule has 0 atom stereocenters. The number of hydrogen-bond acceptors (Lipinski definition) is 3. The molecule has 1 aromatic heterocycles. The summed E-state index contributed by atoms with van der Waals surface area (Å²) >= 11 is 0. The Morgan fingerprint density at radius 3 is 2.44 bits per heavy atom. The first-order valence-electron chi connectivity index (χ1n) is 5.26. The Hall–Kier alpha value is -1.29. The molecule has 0 aliphatic heterocycles. The maximum absolute atomic E-state index is 5.61. The molecule has 1 heterocycles. The van der Waals surface area contributed by atoms with E-state index in [1.54, 1.807) is 6.20 Å². The Kier molecular flexibility index (Phi) is 8.12. The van der Waals surface area contributed by atoms with Crippen molar-refractivity contribution in [2.45, 2.75) is 6.42 Å². The van der Waals surface area contributed by atoms with Crippen LogP contribution < -0.4 is 10.5 Å². The van der Waals surface area contributed by atoms with Crippen LogP contribution in [0, 0.1) is 0 Å². The Morgan fingerprint density at radius 1 is 1.06 bits per heavy atom. The van der Waals surface area contributed by atoms with Crippen LogP contribution in [-0.2, 0) is 6.42 Å². The molecule has 3 nitrogen and oxygen atoms in total. The molecule has 2 rings (SSSR count). The molecule has 0 saturated carbocycles. The van der Waals surface area contributed by atoms with Crippen LogP contribution in [-0.4, -0.2) is 11.5 Å². The van der Waals surface area contributed by atoms with E-state index in [2.05, 4.69) is 4.98 Å². The van der Waals surface area contributed by atoms with Crippen LogP contribution in [0.3, 0.4) is 0 Å². The number of pyridine rings is 1. The average molecular weight is 287 g/mol. The topological polar surface area (TPSA) is 48.1 Å². The summed E-state index contributed by atoms with van der Waals surface area (Å²) in [6.07, 6.45) is 2.58. The van der Waals surface area contributed by atoms with Gasteiger partial charge in [0, 0.05) is 12.3 Å². The predicted octanol–water partition coefficient (Wildman–Crippen LogP) is 3.22. The van der Waals surface area contributed by atoms with E-state index in [0.717, 1.165) is 17.7 Å². The van der Waals surface area contributed by atoms with E-state index in [9.17, 15) is 0 Å². The first kappa shape index (κ1) is 16.7. The van der Waals surface area contributed by atoms with Gasteiger partial charge in [0.1, 0.15) is 5.75 Å². The first-order chi connectivity index (χ1) is 7.88. The fourth-order valence-electron chi connectivity index (χ4n) is 1.44. The lowest BCUT2D eigenvalue weighted by Gasteiger charge is -2.05. The quantitative estimate of drug-likeness (QED) is 0.939. The second kappa shape index (κ2) is 8.75. The number of rotatable bonds is 4. The van der Waals surface area contributed by atoms with Gasteiger partial charge in [-0.3, -0.25) is 0 Å². The number of nitrogens with two attached hydrogens (primary N) is 1.